The van der Waals surface area contributed by atoms with Crippen molar-refractivity contribution in [1.29, 1.82) is 0 Å². The maximum Gasteiger partial charge on any atom is 0.254 e. The van der Waals surface area contributed by atoms with Crippen LogP contribution in [0.5, 0.6) is 0 Å². The lowest BCUT2D eigenvalue weighted by atomic mass is 10.1. The average molecular weight is 453 g/mol. The van der Waals surface area contributed by atoms with Crippen molar-refractivity contribution in [2.24, 2.45) is 0 Å². The summed E-state index contributed by atoms with van der Waals surface area (Å²) >= 11 is 0. The molecular weight excluding hydrogens is 428 g/mol. The fraction of sp³-hybridized carbons (Fsp3) is 0.231. The highest BCUT2D eigenvalue weighted by molar-refractivity contribution is 5.94. The summed E-state index contributed by atoms with van der Waals surface area (Å²) < 4.78 is 7.04. The lowest BCUT2D eigenvalue weighted by Crippen LogP contribution is -2.40. The summed E-state index contributed by atoms with van der Waals surface area (Å²) in [5, 5.41) is 4.37. The Kier molecular flexibility index (Phi) is 5.93. The van der Waals surface area contributed by atoms with Gasteiger partial charge in [0.25, 0.3) is 5.91 Å². The molecule has 0 spiro atoms. The van der Waals surface area contributed by atoms with E-state index < -0.39 is 0 Å². The number of hydrogen-bond donors (Lipinski definition) is 0. The topological polar surface area (TPSA) is 75.9 Å². The van der Waals surface area contributed by atoms with Gasteiger partial charge in [0.15, 0.2) is 5.65 Å². The van der Waals surface area contributed by atoms with Crippen LogP contribution < -0.4 is 4.90 Å². The van der Waals surface area contributed by atoms with E-state index in [0.717, 1.165) is 28.2 Å². The number of carbonyl (C=O) groups excluding carboxylic acids is 1. The Balaban J connectivity index is 1.40. The first-order chi connectivity index (χ1) is 16.6. The van der Waals surface area contributed by atoms with E-state index in [1.165, 1.54) is 0 Å². The largest absolute Gasteiger partial charge is 0.378 e. The third-order valence-corrected chi connectivity index (χ3v) is 5.64. The first-order valence-electron chi connectivity index (χ1n) is 11.1. The molecule has 8 nitrogen and oxygen atoms in total. The number of nitrogens with zero attached hydrogens (tertiary/aromatic N) is 6. The SMILES string of the molecule is CN(C)c1cc(C#Cc2cnn3ccc(-c4ccc(C(=O)N5CCOCC5)cc4)nc23)ccn1. The van der Waals surface area contributed by atoms with Crippen LogP contribution in [0.25, 0.3) is 16.9 Å². The Morgan fingerprint density at radius 2 is 1.85 bits per heavy atom. The fourth-order valence-corrected chi connectivity index (χ4v) is 3.73. The second-order valence-electron chi connectivity index (χ2n) is 8.17. The average Bonchev–Trinajstić information content (AvgIpc) is 3.30. The normalized spacial score (nSPS) is 13.4. The van der Waals surface area contributed by atoms with Crippen LogP contribution >= 0.6 is 0 Å². The summed E-state index contributed by atoms with van der Waals surface area (Å²) in [6.45, 7) is 2.42. The molecule has 0 atom stereocenters. The van der Waals surface area contributed by atoms with E-state index in [2.05, 4.69) is 21.9 Å². The predicted octanol–water partition coefficient (Wildman–Crippen LogP) is 2.73. The number of benzene rings is 1. The summed E-state index contributed by atoms with van der Waals surface area (Å²) in [5.74, 6) is 7.25. The number of rotatable bonds is 3. The molecule has 0 radical (unpaired) electrons. The van der Waals surface area contributed by atoms with Crippen molar-refractivity contribution in [3.05, 3.63) is 77.7 Å². The van der Waals surface area contributed by atoms with Crippen molar-refractivity contribution < 1.29 is 9.53 Å². The molecule has 1 aliphatic heterocycles. The van der Waals surface area contributed by atoms with Crippen LogP contribution in [0.1, 0.15) is 21.5 Å². The van der Waals surface area contributed by atoms with Gasteiger partial charge in [-0.1, -0.05) is 24.0 Å². The van der Waals surface area contributed by atoms with Crippen molar-refractivity contribution in [2.45, 2.75) is 0 Å². The van der Waals surface area contributed by atoms with Crippen LogP contribution in [0, 0.1) is 11.8 Å². The molecule has 4 heterocycles. The number of ether oxygens (including phenoxy) is 1. The van der Waals surface area contributed by atoms with Gasteiger partial charge in [0, 0.05) is 56.3 Å². The van der Waals surface area contributed by atoms with Crippen LogP contribution in [0.3, 0.4) is 0 Å². The highest BCUT2D eigenvalue weighted by atomic mass is 16.5. The van der Waals surface area contributed by atoms with Gasteiger partial charge >= 0.3 is 0 Å². The van der Waals surface area contributed by atoms with E-state index >= 15 is 0 Å². The monoisotopic (exact) mass is 452 g/mol. The molecule has 1 aliphatic rings. The van der Waals surface area contributed by atoms with Crippen LogP contribution in [0.4, 0.5) is 5.82 Å². The second-order valence-corrected chi connectivity index (χ2v) is 8.17. The molecule has 1 saturated heterocycles. The van der Waals surface area contributed by atoms with Gasteiger partial charge in [0.05, 0.1) is 30.7 Å². The molecule has 8 heteroatoms. The number of carbonyl (C=O) groups is 1. The molecule has 0 bridgehead atoms. The number of fused-ring (bicyclic) bond motifs is 1. The van der Waals surface area contributed by atoms with Crippen molar-refractivity contribution in [3.8, 4) is 23.1 Å². The van der Waals surface area contributed by atoms with Gasteiger partial charge in [-0.3, -0.25) is 4.79 Å². The highest BCUT2D eigenvalue weighted by Crippen LogP contribution is 2.20. The molecule has 1 aromatic carbocycles. The molecule has 0 unspecified atom stereocenters. The number of hydrogen-bond acceptors (Lipinski definition) is 6. The van der Waals surface area contributed by atoms with Crippen molar-refractivity contribution >= 4 is 17.4 Å². The van der Waals surface area contributed by atoms with Crippen LogP contribution in [-0.4, -0.2) is 70.8 Å². The van der Waals surface area contributed by atoms with Crippen molar-refractivity contribution in [2.75, 3.05) is 45.3 Å². The standard InChI is InChI=1S/C26H24N6O2/c1-30(2)24-17-19(9-11-27-24)3-4-22-18-28-32-12-10-23(29-25(22)32)20-5-7-21(8-6-20)26(33)31-13-15-34-16-14-31/h5-12,17-18H,13-16H2,1-2H3. The first kappa shape index (κ1) is 21.6. The minimum absolute atomic E-state index is 0.0279. The molecule has 3 aromatic heterocycles. The van der Waals surface area contributed by atoms with Gasteiger partial charge in [0.1, 0.15) is 5.82 Å². The maximum atomic E-state index is 12.7. The molecular formula is C26H24N6O2. The van der Waals surface area contributed by atoms with Crippen molar-refractivity contribution in [3.63, 3.8) is 0 Å². The second kappa shape index (κ2) is 9.33. The zero-order chi connectivity index (χ0) is 23.5. The number of anilines is 1. The number of pyridine rings is 1. The van der Waals surface area contributed by atoms with E-state index in [9.17, 15) is 4.79 Å². The van der Waals surface area contributed by atoms with Gasteiger partial charge < -0.3 is 14.5 Å². The minimum Gasteiger partial charge on any atom is -0.378 e. The summed E-state index contributed by atoms with van der Waals surface area (Å²) in [6, 6.07) is 13.3. The third kappa shape index (κ3) is 4.47. The number of morpholine rings is 1. The molecule has 0 aliphatic carbocycles. The van der Waals surface area contributed by atoms with Gasteiger partial charge in [-0.25, -0.2) is 14.5 Å². The lowest BCUT2D eigenvalue weighted by Gasteiger charge is -2.26. The van der Waals surface area contributed by atoms with Crippen molar-refractivity contribution in [1.82, 2.24) is 24.5 Å². The van der Waals surface area contributed by atoms with E-state index in [-0.39, 0.29) is 5.91 Å². The molecule has 0 N–H and O–H groups in total. The lowest BCUT2D eigenvalue weighted by molar-refractivity contribution is 0.0303. The van der Waals surface area contributed by atoms with Gasteiger partial charge in [-0.15, -0.1) is 0 Å². The molecule has 1 fully saturated rings. The van der Waals surface area contributed by atoms with E-state index in [4.69, 9.17) is 9.72 Å². The van der Waals surface area contributed by atoms with Crippen LogP contribution in [0.2, 0.25) is 0 Å². The van der Waals surface area contributed by atoms with Crippen LogP contribution in [0.15, 0.2) is 61.1 Å². The Morgan fingerprint density at radius 3 is 2.62 bits per heavy atom. The Labute approximate surface area is 197 Å². The highest BCUT2D eigenvalue weighted by Gasteiger charge is 2.18. The summed E-state index contributed by atoms with van der Waals surface area (Å²) in [7, 11) is 3.89. The molecule has 4 aromatic rings. The Hall–Kier alpha value is -4.22. The van der Waals surface area contributed by atoms with E-state index in [1.54, 1.807) is 16.9 Å². The van der Waals surface area contributed by atoms with E-state index in [0.29, 0.717) is 37.5 Å². The van der Waals surface area contributed by atoms with E-state index in [1.807, 2.05) is 72.6 Å². The maximum absolute atomic E-state index is 12.7. The summed E-state index contributed by atoms with van der Waals surface area (Å²) in [4.78, 5) is 25.6. The first-order valence-corrected chi connectivity index (χ1v) is 11.1. The zero-order valence-corrected chi connectivity index (χ0v) is 19.1. The molecule has 0 saturated carbocycles. The van der Waals surface area contributed by atoms with Crippen LogP contribution in [-0.2, 0) is 4.74 Å². The Morgan fingerprint density at radius 1 is 1.06 bits per heavy atom. The zero-order valence-electron chi connectivity index (χ0n) is 19.1. The molecule has 1 amide bonds. The summed E-state index contributed by atoms with van der Waals surface area (Å²) in [6.07, 6.45) is 5.34. The summed E-state index contributed by atoms with van der Waals surface area (Å²) in [5.41, 5.74) is 4.67. The molecule has 5 rings (SSSR count). The Bertz CT molecular complexity index is 1390. The molecule has 170 valence electrons. The quantitative estimate of drug-likeness (QED) is 0.445. The van der Waals surface area contributed by atoms with Gasteiger partial charge in [0.2, 0.25) is 0 Å². The fourth-order valence-electron chi connectivity index (χ4n) is 3.73. The van der Waals surface area contributed by atoms with Gasteiger partial charge in [-0.2, -0.15) is 5.10 Å². The minimum atomic E-state index is 0.0279. The molecule has 34 heavy (non-hydrogen) atoms. The van der Waals surface area contributed by atoms with Gasteiger partial charge in [-0.05, 0) is 30.3 Å². The third-order valence-electron chi connectivity index (χ3n) is 5.64. The predicted molar refractivity (Wildman–Crippen MR) is 130 cm³/mol. The smallest absolute Gasteiger partial charge is 0.254 e. The number of aromatic nitrogens is 4. The number of amides is 1.